The zero-order valence-corrected chi connectivity index (χ0v) is 18.1. The zero-order valence-electron chi connectivity index (χ0n) is 17.3. The smallest absolute Gasteiger partial charge is 0.330 e. The molecule has 3 N–H and O–H groups in total. The number of hydrogen-bond donors (Lipinski definition) is 2. The fraction of sp³-hybridized carbons (Fsp3) is 0.429. The van der Waals surface area contributed by atoms with Crippen molar-refractivity contribution in [3.8, 4) is 0 Å². The van der Waals surface area contributed by atoms with E-state index in [-0.39, 0.29) is 23.8 Å². The molecule has 1 aromatic carbocycles. The number of carbonyl (C=O) groups is 1. The van der Waals surface area contributed by atoms with Gasteiger partial charge in [-0.2, -0.15) is 0 Å². The fourth-order valence-corrected chi connectivity index (χ4v) is 4.40. The molecule has 0 fully saturated rings. The van der Waals surface area contributed by atoms with Gasteiger partial charge in [0.15, 0.2) is 5.69 Å². The van der Waals surface area contributed by atoms with E-state index in [0.29, 0.717) is 25.9 Å². The van der Waals surface area contributed by atoms with Crippen LogP contribution in [0.15, 0.2) is 33.9 Å². The van der Waals surface area contributed by atoms with E-state index in [1.54, 1.807) is 18.3 Å². The van der Waals surface area contributed by atoms with Gasteiger partial charge >= 0.3 is 5.69 Å². The van der Waals surface area contributed by atoms with Gasteiger partial charge in [0.2, 0.25) is 5.91 Å². The second-order valence-electron chi connectivity index (χ2n) is 7.07. The number of thiazole rings is 1. The van der Waals surface area contributed by atoms with E-state index < -0.39 is 11.2 Å². The molecular weight excluding hydrogens is 402 g/mol. The van der Waals surface area contributed by atoms with Crippen LogP contribution in [-0.2, 0) is 17.8 Å². The molecule has 0 saturated carbocycles. The minimum Gasteiger partial charge on any atom is -0.383 e. The van der Waals surface area contributed by atoms with Crippen LogP contribution < -0.4 is 21.9 Å². The molecule has 0 aliphatic carbocycles. The number of nitrogens with zero attached hydrogens (tertiary/aromatic N) is 3. The summed E-state index contributed by atoms with van der Waals surface area (Å²) in [5.41, 5.74) is 5.98. The van der Waals surface area contributed by atoms with Gasteiger partial charge in [0.25, 0.3) is 5.56 Å². The van der Waals surface area contributed by atoms with Crippen LogP contribution in [0.5, 0.6) is 0 Å². The van der Waals surface area contributed by atoms with Crippen molar-refractivity contribution in [3.05, 3.63) is 50.1 Å². The number of aromatic amines is 1. The molecule has 0 atom stereocenters. The van der Waals surface area contributed by atoms with Crippen LogP contribution in [0.4, 0.5) is 11.5 Å². The molecule has 9 heteroatoms. The summed E-state index contributed by atoms with van der Waals surface area (Å²) in [5, 5.41) is 0.984. The van der Waals surface area contributed by atoms with E-state index in [2.05, 4.69) is 9.97 Å². The number of aryl methyl sites for hydroxylation is 1. The zero-order chi connectivity index (χ0) is 21.7. The lowest BCUT2D eigenvalue weighted by Crippen LogP contribution is -2.41. The highest BCUT2D eigenvalue weighted by Crippen LogP contribution is 2.23. The Morgan fingerprint density at radius 1 is 1.23 bits per heavy atom. The molecule has 160 valence electrons. The molecule has 0 radical (unpaired) electrons. The maximum atomic E-state index is 12.9. The number of nitrogen functional groups attached to an aromatic ring is 1. The van der Waals surface area contributed by atoms with Crippen LogP contribution in [0, 0.1) is 0 Å². The topological polar surface area (TPSA) is 114 Å². The van der Waals surface area contributed by atoms with Crippen molar-refractivity contribution in [3.63, 3.8) is 0 Å². The van der Waals surface area contributed by atoms with E-state index in [1.807, 2.05) is 31.2 Å². The Hall–Kier alpha value is -2.94. The van der Waals surface area contributed by atoms with E-state index in [9.17, 15) is 14.4 Å². The summed E-state index contributed by atoms with van der Waals surface area (Å²) in [6.45, 7) is 4.47. The molecule has 0 bridgehead atoms. The summed E-state index contributed by atoms with van der Waals surface area (Å²) in [4.78, 5) is 45.7. The summed E-state index contributed by atoms with van der Waals surface area (Å²) >= 11 is 1.63. The third-order valence-electron chi connectivity index (χ3n) is 4.96. The highest BCUT2D eigenvalue weighted by atomic mass is 32.1. The molecule has 0 spiro atoms. The number of hydrogen-bond acceptors (Lipinski definition) is 6. The van der Waals surface area contributed by atoms with Gasteiger partial charge in [0.05, 0.1) is 15.2 Å². The number of para-hydroxylation sites is 1. The van der Waals surface area contributed by atoms with Gasteiger partial charge < -0.3 is 10.6 Å². The van der Waals surface area contributed by atoms with Crippen LogP contribution in [0.3, 0.4) is 0 Å². The van der Waals surface area contributed by atoms with Crippen molar-refractivity contribution in [2.24, 2.45) is 0 Å². The highest BCUT2D eigenvalue weighted by molar-refractivity contribution is 7.18. The normalized spacial score (nSPS) is 11.1. The maximum Gasteiger partial charge on any atom is 0.330 e. The third-order valence-corrected chi connectivity index (χ3v) is 6.05. The summed E-state index contributed by atoms with van der Waals surface area (Å²) in [7, 11) is 0. The van der Waals surface area contributed by atoms with Crippen molar-refractivity contribution in [1.82, 2.24) is 14.5 Å². The van der Waals surface area contributed by atoms with Crippen molar-refractivity contribution in [1.29, 1.82) is 0 Å². The standard InChI is InChI=1S/C21H27N5O3S/c1-3-5-13-26-19(22)18(20(28)24-21(26)29)25(4-2)17(27)12-8-11-16-23-14-9-6-7-10-15(14)30-16/h6-7,9-10H,3-5,8,11-13,22H2,1-2H3,(H,24,28,29). The predicted molar refractivity (Wildman–Crippen MR) is 121 cm³/mol. The van der Waals surface area contributed by atoms with Crippen molar-refractivity contribution < 1.29 is 4.79 Å². The Bertz CT molecular complexity index is 1110. The average Bonchev–Trinajstić information content (AvgIpc) is 3.13. The van der Waals surface area contributed by atoms with Gasteiger partial charge in [-0.1, -0.05) is 25.5 Å². The Morgan fingerprint density at radius 2 is 2.00 bits per heavy atom. The minimum atomic E-state index is -0.633. The van der Waals surface area contributed by atoms with E-state index >= 15 is 0 Å². The molecule has 0 saturated heterocycles. The van der Waals surface area contributed by atoms with Crippen LogP contribution in [-0.4, -0.2) is 27.0 Å². The number of nitrogens with one attached hydrogen (secondary N) is 1. The Balaban J connectivity index is 1.74. The van der Waals surface area contributed by atoms with E-state index in [0.717, 1.165) is 28.1 Å². The number of amides is 1. The summed E-state index contributed by atoms with van der Waals surface area (Å²) in [5.74, 6) is -0.157. The van der Waals surface area contributed by atoms with Crippen LogP contribution in [0.1, 0.15) is 44.5 Å². The Labute approximate surface area is 178 Å². The van der Waals surface area contributed by atoms with Crippen LogP contribution in [0.2, 0.25) is 0 Å². The molecule has 2 aromatic heterocycles. The van der Waals surface area contributed by atoms with Gasteiger partial charge in [-0.05, 0) is 38.3 Å². The average molecular weight is 430 g/mol. The molecule has 30 heavy (non-hydrogen) atoms. The molecular formula is C21H27N5O3S. The largest absolute Gasteiger partial charge is 0.383 e. The summed E-state index contributed by atoms with van der Waals surface area (Å²) < 4.78 is 2.46. The lowest BCUT2D eigenvalue weighted by atomic mass is 10.2. The lowest BCUT2D eigenvalue weighted by molar-refractivity contribution is -0.118. The molecule has 3 rings (SSSR count). The monoisotopic (exact) mass is 429 g/mol. The first kappa shape index (κ1) is 21.8. The van der Waals surface area contributed by atoms with Gasteiger partial charge in [-0.3, -0.25) is 19.1 Å². The van der Waals surface area contributed by atoms with E-state index in [1.165, 1.54) is 9.47 Å². The number of fused-ring (bicyclic) bond motifs is 1. The summed E-state index contributed by atoms with van der Waals surface area (Å²) in [6.07, 6.45) is 3.18. The SMILES string of the molecule is CCCCn1c(N)c(N(CC)C(=O)CCCc2nc3ccccc3s2)c(=O)[nH]c1=O. The van der Waals surface area contributed by atoms with Crippen molar-refractivity contribution in [2.75, 3.05) is 17.2 Å². The second-order valence-corrected chi connectivity index (χ2v) is 8.18. The first-order chi connectivity index (χ1) is 14.5. The number of anilines is 2. The molecule has 0 aliphatic heterocycles. The fourth-order valence-electron chi connectivity index (χ4n) is 3.39. The first-order valence-corrected chi connectivity index (χ1v) is 11.0. The maximum absolute atomic E-state index is 12.9. The van der Waals surface area contributed by atoms with E-state index in [4.69, 9.17) is 5.73 Å². The van der Waals surface area contributed by atoms with Gasteiger partial charge in [-0.15, -0.1) is 11.3 Å². The molecule has 3 aromatic rings. The second kappa shape index (κ2) is 9.71. The van der Waals surface area contributed by atoms with Crippen molar-refractivity contribution in [2.45, 2.75) is 52.5 Å². The number of H-pyrrole nitrogens is 1. The lowest BCUT2D eigenvalue weighted by Gasteiger charge is -2.23. The highest BCUT2D eigenvalue weighted by Gasteiger charge is 2.22. The number of benzene rings is 1. The van der Waals surface area contributed by atoms with Crippen LogP contribution >= 0.6 is 11.3 Å². The molecule has 0 aliphatic rings. The number of carbonyl (C=O) groups excluding carboxylic acids is 1. The Kier molecular flexibility index (Phi) is 7.04. The number of rotatable bonds is 9. The van der Waals surface area contributed by atoms with Crippen molar-refractivity contribution >= 4 is 39.0 Å². The van der Waals surface area contributed by atoms with Gasteiger partial charge in [0, 0.05) is 19.5 Å². The van der Waals surface area contributed by atoms with Gasteiger partial charge in [-0.25, -0.2) is 9.78 Å². The number of nitrogens with two attached hydrogens (primary N) is 1. The first-order valence-electron chi connectivity index (χ1n) is 10.2. The molecule has 8 nitrogen and oxygen atoms in total. The minimum absolute atomic E-state index is 0.0403. The quantitative estimate of drug-likeness (QED) is 0.543. The van der Waals surface area contributed by atoms with Crippen LogP contribution in [0.25, 0.3) is 10.2 Å². The molecule has 0 unspecified atom stereocenters. The number of aromatic nitrogens is 3. The molecule has 2 heterocycles. The predicted octanol–water partition coefficient (Wildman–Crippen LogP) is 2.90. The summed E-state index contributed by atoms with van der Waals surface area (Å²) in [6, 6.07) is 7.94. The third kappa shape index (κ3) is 4.62. The number of unbranched alkanes of at least 4 members (excludes halogenated alkanes) is 1. The Morgan fingerprint density at radius 3 is 2.70 bits per heavy atom. The molecule has 1 amide bonds. The van der Waals surface area contributed by atoms with Gasteiger partial charge in [0.1, 0.15) is 5.82 Å².